The molecule has 0 bridgehead atoms. The average molecular weight is 293 g/mol. The van der Waals surface area contributed by atoms with Gasteiger partial charge in [0.25, 0.3) is 6.04 Å². The molecule has 0 radical (unpaired) electrons. The maximum atomic E-state index is 11.1. The molecule has 20 heavy (non-hydrogen) atoms. The third kappa shape index (κ3) is 3.38. The van der Waals surface area contributed by atoms with Gasteiger partial charge in [0.2, 0.25) is 5.54 Å². The fourth-order valence-electron chi connectivity index (χ4n) is 1.66. The minimum atomic E-state index is -2.18. The summed E-state index contributed by atoms with van der Waals surface area (Å²) >= 11 is 0. The van der Waals surface area contributed by atoms with Crippen LogP contribution in [0.1, 0.15) is 34.1 Å². The summed E-state index contributed by atoms with van der Waals surface area (Å²) in [5.74, 6) is -0.779. The second-order valence-corrected chi connectivity index (χ2v) is 5.62. The summed E-state index contributed by atoms with van der Waals surface area (Å²) < 4.78 is 0. The van der Waals surface area contributed by atoms with Gasteiger partial charge in [-0.3, -0.25) is 30.3 Å². The molecule has 116 valence electrons. The van der Waals surface area contributed by atoms with E-state index in [9.17, 15) is 30.3 Å². The van der Waals surface area contributed by atoms with Crippen molar-refractivity contribution in [3.05, 3.63) is 30.3 Å². The number of aliphatic hydroxyl groups is 1. The van der Waals surface area contributed by atoms with Gasteiger partial charge in [0.15, 0.2) is 0 Å². The van der Waals surface area contributed by atoms with Crippen molar-refractivity contribution in [2.24, 2.45) is 5.92 Å². The quantitative estimate of drug-likeness (QED) is 0.512. The van der Waals surface area contributed by atoms with E-state index in [1.54, 1.807) is 0 Å². The minimum Gasteiger partial charge on any atom is -0.389 e. The van der Waals surface area contributed by atoms with Crippen LogP contribution in [0.4, 0.5) is 0 Å². The lowest BCUT2D eigenvalue weighted by molar-refractivity contribution is -0.655. The maximum absolute atomic E-state index is 11.1. The van der Waals surface area contributed by atoms with E-state index in [2.05, 4.69) is 0 Å². The maximum Gasteiger partial charge on any atom is 0.307 e. The van der Waals surface area contributed by atoms with Gasteiger partial charge in [-0.1, -0.05) is 6.92 Å². The van der Waals surface area contributed by atoms with Crippen LogP contribution in [0, 0.1) is 36.3 Å². The molecule has 0 saturated heterocycles. The number of hydrogen-bond donors (Lipinski definition) is 1. The first kappa shape index (κ1) is 18.2. The smallest absolute Gasteiger partial charge is 0.307 e. The molecule has 0 aliphatic heterocycles. The molecule has 0 aromatic carbocycles. The van der Waals surface area contributed by atoms with Gasteiger partial charge in [0.1, 0.15) is 6.61 Å². The van der Waals surface area contributed by atoms with Gasteiger partial charge in [0.05, 0.1) is 0 Å². The van der Waals surface area contributed by atoms with Crippen LogP contribution in [0.25, 0.3) is 0 Å². The lowest BCUT2D eigenvalue weighted by Gasteiger charge is -2.28. The van der Waals surface area contributed by atoms with Gasteiger partial charge in [-0.05, 0) is 0 Å². The first-order valence-corrected chi connectivity index (χ1v) is 5.94. The predicted octanol–water partition coefficient (Wildman–Crippen LogP) is 0.741. The summed E-state index contributed by atoms with van der Waals surface area (Å²) in [6.45, 7) is 3.98. The van der Waals surface area contributed by atoms with E-state index in [1.165, 1.54) is 20.8 Å². The highest BCUT2D eigenvalue weighted by molar-refractivity contribution is 4.87. The molecule has 0 amide bonds. The zero-order chi connectivity index (χ0) is 16.3. The van der Waals surface area contributed by atoms with E-state index in [-0.39, 0.29) is 6.42 Å². The molecular weight excluding hydrogens is 274 g/mol. The average Bonchev–Trinajstić information content (AvgIpc) is 2.33. The molecule has 3 atom stereocenters. The Hall–Kier alpha value is -1.84. The highest BCUT2D eigenvalue weighted by Crippen LogP contribution is 2.30. The van der Waals surface area contributed by atoms with Crippen molar-refractivity contribution in [3.63, 3.8) is 0 Å². The summed E-state index contributed by atoms with van der Waals surface area (Å²) in [6.07, 6.45) is -0.376. The molecule has 0 fully saturated rings. The Labute approximate surface area is 115 Å². The summed E-state index contributed by atoms with van der Waals surface area (Å²) in [7, 11) is 0. The first-order valence-electron chi connectivity index (χ1n) is 5.94. The molecular formula is C10H19N3O7. The lowest BCUT2D eigenvalue weighted by Crippen LogP contribution is -2.55. The molecule has 0 heterocycles. The molecule has 1 N–H and O–H groups in total. The number of hydrogen-bond acceptors (Lipinski definition) is 7. The van der Waals surface area contributed by atoms with Crippen LogP contribution < -0.4 is 0 Å². The van der Waals surface area contributed by atoms with Crippen molar-refractivity contribution in [2.75, 3.05) is 6.61 Å². The molecule has 0 aromatic heterocycles. The largest absolute Gasteiger partial charge is 0.389 e. The van der Waals surface area contributed by atoms with E-state index < -0.39 is 44.4 Å². The third-order valence-corrected chi connectivity index (χ3v) is 3.96. The van der Waals surface area contributed by atoms with Crippen LogP contribution >= 0.6 is 0 Å². The standard InChI is InChI=1S/C10H19N3O7/c1-7(9(2,3)12(17)18)5-8(11(15)16)10(4,6-14)13(19)20/h7-8,14H,5-6H2,1-4H3. The summed E-state index contributed by atoms with van der Waals surface area (Å²) in [6, 6.07) is -1.71. The van der Waals surface area contributed by atoms with E-state index in [0.717, 1.165) is 6.92 Å². The summed E-state index contributed by atoms with van der Waals surface area (Å²) in [4.78, 5) is 30.6. The van der Waals surface area contributed by atoms with E-state index >= 15 is 0 Å². The monoisotopic (exact) mass is 293 g/mol. The van der Waals surface area contributed by atoms with Crippen molar-refractivity contribution in [1.29, 1.82) is 0 Å². The highest BCUT2D eigenvalue weighted by atomic mass is 16.7. The van der Waals surface area contributed by atoms with Gasteiger partial charge in [-0.25, -0.2) is 0 Å². The topological polar surface area (TPSA) is 150 Å². The second kappa shape index (κ2) is 6.07. The Morgan fingerprint density at radius 1 is 1.05 bits per heavy atom. The number of aliphatic hydroxyl groups excluding tert-OH is 1. The molecule has 0 aromatic rings. The van der Waals surface area contributed by atoms with Gasteiger partial charge in [-0.15, -0.1) is 0 Å². The summed E-state index contributed by atoms with van der Waals surface area (Å²) in [5.41, 5.74) is -3.63. The third-order valence-electron chi connectivity index (χ3n) is 3.96. The fourth-order valence-corrected chi connectivity index (χ4v) is 1.66. The zero-order valence-corrected chi connectivity index (χ0v) is 11.8. The van der Waals surface area contributed by atoms with E-state index in [4.69, 9.17) is 5.11 Å². The molecule has 0 aliphatic rings. The molecule has 3 unspecified atom stereocenters. The van der Waals surface area contributed by atoms with Crippen molar-refractivity contribution < 1.29 is 19.9 Å². The Morgan fingerprint density at radius 2 is 1.50 bits per heavy atom. The molecule has 0 saturated carbocycles. The van der Waals surface area contributed by atoms with E-state index in [0.29, 0.717) is 0 Å². The van der Waals surface area contributed by atoms with Crippen molar-refractivity contribution in [3.8, 4) is 0 Å². The number of rotatable bonds is 8. The number of nitro groups is 3. The van der Waals surface area contributed by atoms with Gasteiger partial charge < -0.3 is 5.11 Å². The van der Waals surface area contributed by atoms with Gasteiger partial charge in [0, 0.05) is 47.9 Å². The van der Waals surface area contributed by atoms with Crippen LogP contribution in [0.3, 0.4) is 0 Å². The van der Waals surface area contributed by atoms with Gasteiger partial charge >= 0.3 is 5.54 Å². The highest BCUT2D eigenvalue weighted by Gasteiger charge is 2.56. The van der Waals surface area contributed by atoms with Crippen molar-refractivity contribution >= 4 is 0 Å². The Bertz CT molecular complexity index is 412. The molecule has 10 nitrogen and oxygen atoms in total. The Morgan fingerprint density at radius 3 is 1.75 bits per heavy atom. The number of nitrogens with zero attached hydrogens (tertiary/aromatic N) is 3. The van der Waals surface area contributed by atoms with Gasteiger partial charge in [-0.2, -0.15) is 0 Å². The van der Waals surface area contributed by atoms with Crippen LogP contribution in [0.5, 0.6) is 0 Å². The minimum absolute atomic E-state index is 0.376. The van der Waals surface area contributed by atoms with E-state index in [1.807, 2.05) is 0 Å². The van der Waals surface area contributed by atoms with Crippen LogP contribution in [-0.4, -0.2) is 43.6 Å². The summed E-state index contributed by atoms with van der Waals surface area (Å²) in [5, 5.41) is 42.1. The first-order chi connectivity index (χ1) is 8.91. The normalized spacial score (nSPS) is 17.9. The lowest BCUT2D eigenvalue weighted by atomic mass is 9.79. The molecule has 0 aliphatic carbocycles. The van der Waals surface area contributed by atoms with Crippen LogP contribution in [0.2, 0.25) is 0 Å². The van der Waals surface area contributed by atoms with Crippen LogP contribution in [0.15, 0.2) is 0 Å². The Balaban J connectivity index is 5.41. The Kier molecular flexibility index (Phi) is 5.52. The fraction of sp³-hybridized carbons (Fsp3) is 1.00. The van der Waals surface area contributed by atoms with Crippen LogP contribution in [-0.2, 0) is 0 Å². The molecule has 0 spiro atoms. The SMILES string of the molecule is CC(CC([N+](=O)[O-])C(C)(CO)[N+](=O)[O-])C(C)(C)[N+](=O)[O-]. The van der Waals surface area contributed by atoms with Crippen molar-refractivity contribution in [2.45, 2.75) is 51.2 Å². The van der Waals surface area contributed by atoms with Crippen molar-refractivity contribution in [1.82, 2.24) is 0 Å². The second-order valence-electron chi connectivity index (χ2n) is 5.62. The molecule has 10 heteroatoms. The molecule has 0 rings (SSSR count). The predicted molar refractivity (Wildman–Crippen MR) is 68.1 cm³/mol. The zero-order valence-electron chi connectivity index (χ0n) is 11.8.